The molecule has 2 aromatic rings. The molecule has 120 valence electrons. The zero-order valence-electron chi connectivity index (χ0n) is 12.5. The smallest absolute Gasteiger partial charge is 0.331 e. The van der Waals surface area contributed by atoms with E-state index < -0.39 is 15.8 Å². The van der Waals surface area contributed by atoms with Gasteiger partial charge in [0.2, 0.25) is 0 Å². The van der Waals surface area contributed by atoms with E-state index in [1.54, 1.807) is 0 Å². The monoisotopic (exact) mass is 335 g/mol. The van der Waals surface area contributed by atoms with Crippen LogP contribution in [0.1, 0.15) is 5.56 Å². The van der Waals surface area contributed by atoms with E-state index in [1.807, 2.05) is 30.3 Å². The van der Waals surface area contributed by atoms with E-state index in [-0.39, 0.29) is 10.6 Å². The number of hydrogen-bond acceptors (Lipinski definition) is 4. The van der Waals surface area contributed by atoms with Crippen LogP contribution in [0, 0.1) is 5.82 Å². The molecular weight excluding hydrogens is 319 g/mol. The summed E-state index contributed by atoms with van der Waals surface area (Å²) < 4.78 is 45.5. The first-order valence-corrected chi connectivity index (χ1v) is 8.50. The van der Waals surface area contributed by atoms with Crippen molar-refractivity contribution in [3.63, 3.8) is 0 Å². The molecule has 1 heterocycles. The maximum absolute atomic E-state index is 13.5. The SMILES string of the molecule is COc1cc(S(=O)(=O)[N+]2=C(c3ccccc3)NCC2)ccc1F. The number of nitrogens with zero attached hydrogens (tertiary/aromatic N) is 1. The van der Waals surface area contributed by atoms with Gasteiger partial charge < -0.3 is 4.74 Å². The standard InChI is InChI=1S/C16H15FN2O3S/c1-22-15-11-13(7-8-14(15)17)23(20,21)19-10-9-18-16(19)12-5-3-2-4-6-12/h2-8,11H,9-10H2,1H3/p+1. The summed E-state index contributed by atoms with van der Waals surface area (Å²) in [5, 5.41) is 3.10. The van der Waals surface area contributed by atoms with Crippen molar-refractivity contribution in [3.8, 4) is 5.75 Å². The Morgan fingerprint density at radius 3 is 2.61 bits per heavy atom. The summed E-state index contributed by atoms with van der Waals surface area (Å²) in [6.45, 7) is 0.827. The molecular formula is C16H16FN2O3S+. The predicted molar refractivity (Wildman–Crippen MR) is 83.8 cm³/mol. The molecule has 3 rings (SSSR count). The van der Waals surface area contributed by atoms with Crippen LogP contribution in [0.15, 0.2) is 53.4 Å². The molecule has 2 aromatic carbocycles. The molecule has 0 saturated heterocycles. The highest BCUT2D eigenvalue weighted by molar-refractivity contribution is 7.85. The fraction of sp³-hybridized carbons (Fsp3) is 0.188. The van der Waals surface area contributed by atoms with Crippen molar-refractivity contribution < 1.29 is 21.5 Å². The Bertz CT molecular complexity index is 864. The van der Waals surface area contributed by atoms with Crippen LogP contribution in [0.4, 0.5) is 4.39 Å². The molecule has 0 radical (unpaired) electrons. The Labute approximate surface area is 134 Å². The third-order valence-corrected chi connectivity index (χ3v) is 5.41. The number of amidine groups is 1. The molecule has 1 aliphatic heterocycles. The molecule has 0 atom stereocenters. The van der Waals surface area contributed by atoms with E-state index in [4.69, 9.17) is 4.74 Å². The topological polar surface area (TPSA) is 58.4 Å². The average Bonchev–Trinajstić information content (AvgIpc) is 3.06. The van der Waals surface area contributed by atoms with Crippen LogP contribution in [0.2, 0.25) is 0 Å². The molecule has 0 unspecified atom stereocenters. The van der Waals surface area contributed by atoms with Crippen LogP contribution in [0.5, 0.6) is 5.75 Å². The Hall–Kier alpha value is -2.41. The molecule has 0 saturated carbocycles. The first-order valence-electron chi connectivity index (χ1n) is 7.06. The molecule has 1 N–H and O–H groups in total. The average molecular weight is 335 g/mol. The van der Waals surface area contributed by atoms with Crippen molar-refractivity contribution in [2.45, 2.75) is 4.90 Å². The zero-order valence-corrected chi connectivity index (χ0v) is 13.3. The molecule has 7 heteroatoms. The number of nitrogens with one attached hydrogen (secondary N) is 1. The molecule has 0 fully saturated rings. The molecule has 0 aromatic heterocycles. The Balaban J connectivity index is 2.12. The van der Waals surface area contributed by atoms with Crippen LogP contribution in [-0.4, -0.2) is 38.4 Å². The molecule has 0 spiro atoms. The van der Waals surface area contributed by atoms with Gasteiger partial charge in [-0.3, -0.25) is 5.32 Å². The number of methoxy groups -OCH3 is 1. The normalized spacial score (nSPS) is 14.7. The van der Waals surface area contributed by atoms with Crippen LogP contribution in [0.25, 0.3) is 0 Å². The molecule has 0 aliphatic carbocycles. The summed E-state index contributed by atoms with van der Waals surface area (Å²) in [4.78, 5) is -0.00659. The number of ether oxygens (including phenoxy) is 1. The van der Waals surface area contributed by atoms with Gasteiger partial charge in [0, 0.05) is 6.07 Å². The second-order valence-electron chi connectivity index (χ2n) is 5.01. The number of benzene rings is 2. The van der Waals surface area contributed by atoms with E-state index in [0.29, 0.717) is 18.9 Å². The molecule has 5 nitrogen and oxygen atoms in total. The lowest BCUT2D eigenvalue weighted by atomic mass is 10.2. The summed E-state index contributed by atoms with van der Waals surface area (Å²) in [6.07, 6.45) is 0. The van der Waals surface area contributed by atoms with E-state index in [0.717, 1.165) is 11.6 Å². The fourth-order valence-electron chi connectivity index (χ4n) is 2.49. The predicted octanol–water partition coefficient (Wildman–Crippen LogP) is 1.59. The lowest BCUT2D eigenvalue weighted by molar-refractivity contribution is -0.352. The third kappa shape index (κ3) is 2.79. The van der Waals surface area contributed by atoms with Gasteiger partial charge in [0.15, 0.2) is 11.6 Å². The van der Waals surface area contributed by atoms with Gasteiger partial charge in [-0.2, -0.15) is 8.42 Å². The van der Waals surface area contributed by atoms with Crippen LogP contribution >= 0.6 is 0 Å². The summed E-state index contributed by atoms with van der Waals surface area (Å²) in [7, 11) is -2.50. The van der Waals surface area contributed by atoms with E-state index in [1.165, 1.54) is 23.2 Å². The van der Waals surface area contributed by atoms with Gasteiger partial charge in [-0.15, -0.1) is 3.98 Å². The molecule has 1 aliphatic rings. The van der Waals surface area contributed by atoms with Gasteiger partial charge in [-0.25, -0.2) is 4.39 Å². The maximum Gasteiger partial charge on any atom is 0.331 e. The Morgan fingerprint density at radius 2 is 1.91 bits per heavy atom. The largest absolute Gasteiger partial charge is 0.494 e. The molecule has 0 bridgehead atoms. The van der Waals surface area contributed by atoms with E-state index in [2.05, 4.69) is 5.32 Å². The van der Waals surface area contributed by atoms with Gasteiger partial charge in [-0.1, -0.05) is 18.2 Å². The summed E-state index contributed by atoms with van der Waals surface area (Å²) >= 11 is 0. The van der Waals surface area contributed by atoms with Gasteiger partial charge in [-0.05, 0) is 24.3 Å². The highest BCUT2D eigenvalue weighted by Crippen LogP contribution is 2.23. The molecule has 0 amide bonds. The van der Waals surface area contributed by atoms with Gasteiger partial charge in [0.1, 0.15) is 18.0 Å². The second-order valence-corrected chi connectivity index (χ2v) is 6.88. The van der Waals surface area contributed by atoms with Crippen molar-refractivity contribution >= 4 is 15.9 Å². The number of halogens is 1. The van der Waals surface area contributed by atoms with E-state index >= 15 is 0 Å². The second kappa shape index (κ2) is 6.00. The highest BCUT2D eigenvalue weighted by Gasteiger charge is 2.34. The number of hydrogen-bond donors (Lipinski definition) is 1. The summed E-state index contributed by atoms with van der Waals surface area (Å²) in [5.41, 5.74) is 0.780. The van der Waals surface area contributed by atoms with Crippen molar-refractivity contribution in [2.24, 2.45) is 0 Å². The Morgan fingerprint density at radius 1 is 1.17 bits per heavy atom. The lowest BCUT2D eigenvalue weighted by Crippen LogP contribution is -2.28. The van der Waals surface area contributed by atoms with Gasteiger partial charge >= 0.3 is 10.0 Å². The van der Waals surface area contributed by atoms with Crippen molar-refractivity contribution in [1.82, 2.24) is 5.32 Å². The van der Waals surface area contributed by atoms with Crippen LogP contribution < -0.4 is 10.1 Å². The number of rotatable bonds is 4. The Kier molecular flexibility index (Phi) is 4.04. The first kappa shape index (κ1) is 15.5. The molecule has 23 heavy (non-hydrogen) atoms. The van der Waals surface area contributed by atoms with Crippen molar-refractivity contribution in [2.75, 3.05) is 20.2 Å². The quantitative estimate of drug-likeness (QED) is 0.862. The lowest BCUT2D eigenvalue weighted by Gasteiger charge is -2.08. The summed E-state index contributed by atoms with van der Waals surface area (Å²) in [5.74, 6) is -0.174. The van der Waals surface area contributed by atoms with Gasteiger partial charge in [0.25, 0.3) is 5.84 Å². The minimum atomic E-state index is -3.80. The highest BCUT2D eigenvalue weighted by atomic mass is 32.2. The maximum atomic E-state index is 13.5. The van der Waals surface area contributed by atoms with Crippen molar-refractivity contribution in [1.29, 1.82) is 0 Å². The van der Waals surface area contributed by atoms with Gasteiger partial charge in [0.05, 0.1) is 12.7 Å². The minimum Gasteiger partial charge on any atom is -0.494 e. The van der Waals surface area contributed by atoms with Crippen LogP contribution in [0.3, 0.4) is 0 Å². The summed E-state index contributed by atoms with van der Waals surface area (Å²) in [6, 6.07) is 12.8. The van der Waals surface area contributed by atoms with Crippen LogP contribution in [-0.2, 0) is 10.0 Å². The number of sulfonamides is 1. The minimum absolute atomic E-state index is 0.00659. The third-order valence-electron chi connectivity index (χ3n) is 3.61. The first-order chi connectivity index (χ1) is 11.0. The van der Waals surface area contributed by atoms with Crippen molar-refractivity contribution in [3.05, 3.63) is 59.9 Å². The zero-order chi connectivity index (χ0) is 16.4. The van der Waals surface area contributed by atoms with E-state index in [9.17, 15) is 12.8 Å². The fourth-order valence-corrected chi connectivity index (χ4v) is 3.98.